The van der Waals surface area contributed by atoms with E-state index in [1.165, 1.54) is 16.9 Å². The highest BCUT2D eigenvalue weighted by molar-refractivity contribution is 7.12. The number of ketones is 1. The molecule has 0 bridgehead atoms. The van der Waals surface area contributed by atoms with Gasteiger partial charge in [0, 0.05) is 6.54 Å². The fourth-order valence-electron chi connectivity index (χ4n) is 1.51. The second-order valence-corrected chi connectivity index (χ2v) is 5.43. The van der Waals surface area contributed by atoms with Crippen LogP contribution in [0.2, 0.25) is 0 Å². The maximum atomic E-state index is 11.8. The van der Waals surface area contributed by atoms with Crippen molar-refractivity contribution < 1.29 is 4.79 Å². The molecular weight excluding hydrogens is 238 g/mol. The normalized spacial score (nSPS) is 10.9. The van der Waals surface area contributed by atoms with E-state index in [1.54, 1.807) is 11.3 Å². The number of carbonyl (C=O) groups is 1. The largest absolute Gasteiger partial charge is 0.295 e. The van der Waals surface area contributed by atoms with Gasteiger partial charge >= 0.3 is 0 Å². The third kappa shape index (κ3) is 3.01. The molecule has 0 unspecified atom stereocenters. The molecule has 0 aliphatic rings. The minimum absolute atomic E-state index is 0.202. The van der Waals surface area contributed by atoms with Crippen molar-refractivity contribution in [2.45, 2.75) is 6.54 Å². The van der Waals surface area contributed by atoms with Crippen LogP contribution in [-0.4, -0.2) is 24.3 Å². The van der Waals surface area contributed by atoms with Gasteiger partial charge in [-0.2, -0.15) is 11.3 Å². The van der Waals surface area contributed by atoms with Crippen LogP contribution in [-0.2, 0) is 6.54 Å². The van der Waals surface area contributed by atoms with E-state index in [4.69, 9.17) is 0 Å². The van der Waals surface area contributed by atoms with Gasteiger partial charge < -0.3 is 0 Å². The van der Waals surface area contributed by atoms with Crippen molar-refractivity contribution >= 4 is 28.5 Å². The lowest BCUT2D eigenvalue weighted by Gasteiger charge is -2.14. The summed E-state index contributed by atoms with van der Waals surface area (Å²) in [6.45, 7) is 1.32. The molecule has 2 heterocycles. The first-order valence-corrected chi connectivity index (χ1v) is 6.84. The monoisotopic (exact) mass is 251 g/mol. The number of likely N-dealkylation sites (N-methyl/N-ethyl adjacent to an activating group) is 1. The molecule has 0 atom stereocenters. The summed E-state index contributed by atoms with van der Waals surface area (Å²) >= 11 is 3.20. The smallest absolute Gasteiger partial charge is 0.186 e. The quantitative estimate of drug-likeness (QED) is 0.761. The number of hydrogen-bond donors (Lipinski definition) is 0. The molecule has 0 saturated carbocycles. The van der Waals surface area contributed by atoms with Crippen LogP contribution in [0.5, 0.6) is 0 Å². The highest BCUT2D eigenvalue weighted by atomic mass is 32.1. The molecule has 0 saturated heterocycles. The maximum Gasteiger partial charge on any atom is 0.186 e. The summed E-state index contributed by atoms with van der Waals surface area (Å²) in [7, 11) is 1.98. The SMILES string of the molecule is CN(CC(=O)c1cccs1)Cc1ccsc1. The highest BCUT2D eigenvalue weighted by Gasteiger charge is 2.10. The number of rotatable bonds is 5. The zero-order valence-corrected chi connectivity index (χ0v) is 10.7. The minimum Gasteiger partial charge on any atom is -0.295 e. The lowest BCUT2D eigenvalue weighted by molar-refractivity contribution is 0.0947. The van der Waals surface area contributed by atoms with Gasteiger partial charge in [0.25, 0.3) is 0 Å². The predicted molar refractivity (Wildman–Crippen MR) is 69.3 cm³/mol. The molecule has 0 aliphatic heterocycles. The first-order chi connectivity index (χ1) is 7.75. The van der Waals surface area contributed by atoms with Gasteiger partial charge in [0.2, 0.25) is 0 Å². The van der Waals surface area contributed by atoms with Crippen LogP contribution >= 0.6 is 22.7 Å². The minimum atomic E-state index is 0.202. The average Bonchev–Trinajstić information content (AvgIpc) is 2.88. The van der Waals surface area contributed by atoms with E-state index in [0.29, 0.717) is 6.54 Å². The van der Waals surface area contributed by atoms with Crippen LogP contribution in [0.25, 0.3) is 0 Å². The van der Waals surface area contributed by atoms with Gasteiger partial charge in [-0.05, 0) is 40.9 Å². The fourth-order valence-corrected chi connectivity index (χ4v) is 2.83. The molecule has 2 aromatic rings. The Morgan fingerprint density at radius 1 is 1.38 bits per heavy atom. The Hall–Kier alpha value is -0.970. The summed E-state index contributed by atoms with van der Waals surface area (Å²) in [4.78, 5) is 14.7. The number of Topliss-reactive ketones (excluding diaryl/α,β-unsaturated/α-hetero) is 1. The zero-order chi connectivity index (χ0) is 11.4. The molecule has 16 heavy (non-hydrogen) atoms. The van der Waals surface area contributed by atoms with Crippen LogP contribution < -0.4 is 0 Å². The van der Waals surface area contributed by atoms with Crippen molar-refractivity contribution in [1.29, 1.82) is 0 Å². The van der Waals surface area contributed by atoms with Crippen molar-refractivity contribution in [2.24, 2.45) is 0 Å². The van der Waals surface area contributed by atoms with E-state index in [2.05, 4.69) is 16.8 Å². The summed E-state index contributed by atoms with van der Waals surface area (Å²) in [6.07, 6.45) is 0. The summed E-state index contributed by atoms with van der Waals surface area (Å²) in [5.74, 6) is 0.202. The maximum absolute atomic E-state index is 11.8. The van der Waals surface area contributed by atoms with Gasteiger partial charge in [0.05, 0.1) is 11.4 Å². The van der Waals surface area contributed by atoms with Crippen molar-refractivity contribution in [3.05, 3.63) is 44.8 Å². The highest BCUT2D eigenvalue weighted by Crippen LogP contribution is 2.12. The Morgan fingerprint density at radius 2 is 2.25 bits per heavy atom. The molecule has 0 aliphatic carbocycles. The Bertz CT molecular complexity index is 434. The third-order valence-electron chi connectivity index (χ3n) is 2.24. The topological polar surface area (TPSA) is 20.3 Å². The Morgan fingerprint density at radius 3 is 2.88 bits per heavy atom. The van der Waals surface area contributed by atoms with E-state index in [-0.39, 0.29) is 5.78 Å². The van der Waals surface area contributed by atoms with Crippen LogP contribution in [0.4, 0.5) is 0 Å². The first-order valence-electron chi connectivity index (χ1n) is 5.02. The fraction of sp³-hybridized carbons (Fsp3) is 0.250. The zero-order valence-electron chi connectivity index (χ0n) is 9.05. The standard InChI is InChI=1S/C12H13NOS2/c1-13(7-10-4-6-15-9-10)8-11(14)12-3-2-5-16-12/h2-6,9H,7-8H2,1H3. The van der Waals surface area contributed by atoms with Crippen LogP contribution in [0.3, 0.4) is 0 Å². The third-order valence-corrected chi connectivity index (χ3v) is 3.89. The first kappa shape index (κ1) is 11.5. The molecule has 0 spiro atoms. The van der Waals surface area contributed by atoms with Gasteiger partial charge in [-0.15, -0.1) is 11.3 Å². The molecular formula is C12H13NOS2. The molecule has 2 aromatic heterocycles. The Labute approximate surface area is 103 Å². The summed E-state index contributed by atoms with van der Waals surface area (Å²) in [5, 5.41) is 6.11. The molecule has 2 rings (SSSR count). The molecule has 2 nitrogen and oxygen atoms in total. The van der Waals surface area contributed by atoms with E-state index in [9.17, 15) is 4.79 Å². The molecule has 0 radical (unpaired) electrons. The van der Waals surface area contributed by atoms with Crippen LogP contribution in [0.1, 0.15) is 15.2 Å². The Kier molecular flexibility index (Phi) is 3.88. The Balaban J connectivity index is 1.88. The molecule has 0 N–H and O–H groups in total. The predicted octanol–water partition coefficient (Wildman–Crippen LogP) is 3.12. The van der Waals surface area contributed by atoms with E-state index in [0.717, 1.165) is 11.4 Å². The van der Waals surface area contributed by atoms with E-state index in [1.807, 2.05) is 29.5 Å². The van der Waals surface area contributed by atoms with Gasteiger partial charge in [-0.1, -0.05) is 6.07 Å². The van der Waals surface area contributed by atoms with Crippen molar-refractivity contribution in [3.8, 4) is 0 Å². The van der Waals surface area contributed by atoms with Gasteiger partial charge in [0.1, 0.15) is 0 Å². The molecule has 0 amide bonds. The number of carbonyl (C=O) groups excluding carboxylic acids is 1. The summed E-state index contributed by atoms with van der Waals surface area (Å²) in [6, 6.07) is 5.89. The van der Waals surface area contributed by atoms with Gasteiger partial charge in [-0.3, -0.25) is 9.69 Å². The van der Waals surface area contributed by atoms with E-state index < -0.39 is 0 Å². The van der Waals surface area contributed by atoms with E-state index >= 15 is 0 Å². The number of thiophene rings is 2. The summed E-state index contributed by atoms with van der Waals surface area (Å²) in [5.41, 5.74) is 1.27. The second-order valence-electron chi connectivity index (χ2n) is 3.70. The molecule has 0 fully saturated rings. The molecule has 0 aromatic carbocycles. The lowest BCUT2D eigenvalue weighted by atomic mass is 10.2. The van der Waals surface area contributed by atoms with Crippen molar-refractivity contribution in [1.82, 2.24) is 4.90 Å². The van der Waals surface area contributed by atoms with Crippen molar-refractivity contribution in [2.75, 3.05) is 13.6 Å². The van der Waals surface area contributed by atoms with Crippen LogP contribution in [0.15, 0.2) is 34.3 Å². The molecule has 4 heteroatoms. The second kappa shape index (κ2) is 5.39. The van der Waals surface area contributed by atoms with Gasteiger partial charge in [0.15, 0.2) is 5.78 Å². The lowest BCUT2D eigenvalue weighted by Crippen LogP contribution is -2.24. The summed E-state index contributed by atoms with van der Waals surface area (Å²) < 4.78 is 0. The van der Waals surface area contributed by atoms with Crippen LogP contribution in [0, 0.1) is 0 Å². The average molecular weight is 251 g/mol. The van der Waals surface area contributed by atoms with Gasteiger partial charge in [-0.25, -0.2) is 0 Å². The van der Waals surface area contributed by atoms with Crippen molar-refractivity contribution in [3.63, 3.8) is 0 Å². The number of nitrogens with zero attached hydrogens (tertiary/aromatic N) is 1. The number of hydrogen-bond acceptors (Lipinski definition) is 4. The molecule has 84 valence electrons.